The maximum Gasteiger partial charge on any atom is 0.415 e. The van der Waals surface area contributed by atoms with E-state index in [2.05, 4.69) is 6.58 Å². The number of carbonyl (C=O) groups is 1. The molecule has 0 unspecified atom stereocenters. The van der Waals surface area contributed by atoms with Gasteiger partial charge in [0.2, 0.25) is 0 Å². The largest absolute Gasteiger partial charge is 0.489 e. The molecule has 26 heavy (non-hydrogen) atoms. The first-order valence-electron chi connectivity index (χ1n) is 8.84. The summed E-state index contributed by atoms with van der Waals surface area (Å²) < 4.78 is 11.2. The maximum absolute atomic E-state index is 12.4. The Balaban J connectivity index is 1.94. The molecule has 0 radical (unpaired) electrons. The van der Waals surface area contributed by atoms with Crippen LogP contribution in [0.3, 0.4) is 0 Å². The molecular weight excluding hydrogens is 326 g/mol. The van der Waals surface area contributed by atoms with Gasteiger partial charge in [-0.3, -0.25) is 0 Å². The van der Waals surface area contributed by atoms with E-state index < -0.39 is 0 Å². The van der Waals surface area contributed by atoms with Gasteiger partial charge in [0.15, 0.2) is 0 Å². The van der Waals surface area contributed by atoms with E-state index >= 15 is 0 Å². The molecule has 2 aromatic carbocycles. The van der Waals surface area contributed by atoms with Crippen LogP contribution in [0.2, 0.25) is 0 Å². The standard InChI is InChI=1S/C22H27NO3/c1-16(2)23(17(3)4)22(24)26-18(5)20-11-13-21(14-12-20)25-15-19-9-7-6-8-10-19/h6-14,16-17H,5,15H2,1-4H3. The molecule has 138 valence electrons. The second-order valence-corrected chi connectivity index (χ2v) is 6.68. The first-order valence-corrected chi connectivity index (χ1v) is 8.84. The van der Waals surface area contributed by atoms with E-state index in [1.54, 1.807) is 4.90 Å². The van der Waals surface area contributed by atoms with E-state index in [9.17, 15) is 4.79 Å². The first kappa shape index (κ1) is 19.6. The molecule has 0 bridgehead atoms. The Bertz CT molecular complexity index is 713. The van der Waals surface area contributed by atoms with Crippen molar-refractivity contribution < 1.29 is 14.3 Å². The van der Waals surface area contributed by atoms with Crippen LogP contribution < -0.4 is 4.74 Å². The van der Waals surface area contributed by atoms with Gasteiger partial charge in [-0.15, -0.1) is 0 Å². The number of hydrogen-bond donors (Lipinski definition) is 0. The molecule has 2 aromatic rings. The minimum Gasteiger partial charge on any atom is -0.489 e. The number of nitrogens with zero attached hydrogens (tertiary/aromatic N) is 1. The Morgan fingerprint density at radius 3 is 2.08 bits per heavy atom. The van der Waals surface area contributed by atoms with Gasteiger partial charge in [0, 0.05) is 17.6 Å². The molecule has 0 saturated carbocycles. The SMILES string of the molecule is C=C(OC(=O)N(C(C)C)C(C)C)c1ccc(OCc2ccccc2)cc1. The highest BCUT2D eigenvalue weighted by atomic mass is 16.6. The molecule has 2 rings (SSSR count). The van der Waals surface area contributed by atoms with Crippen LogP contribution in [0.15, 0.2) is 61.2 Å². The summed E-state index contributed by atoms with van der Waals surface area (Å²) in [6, 6.07) is 17.5. The van der Waals surface area contributed by atoms with Crippen LogP contribution in [0.25, 0.3) is 5.76 Å². The van der Waals surface area contributed by atoms with Gasteiger partial charge >= 0.3 is 6.09 Å². The highest BCUT2D eigenvalue weighted by Gasteiger charge is 2.22. The van der Waals surface area contributed by atoms with Crippen LogP contribution in [0.5, 0.6) is 5.75 Å². The van der Waals surface area contributed by atoms with Gasteiger partial charge in [0.1, 0.15) is 18.1 Å². The van der Waals surface area contributed by atoms with Crippen LogP contribution in [-0.4, -0.2) is 23.1 Å². The summed E-state index contributed by atoms with van der Waals surface area (Å²) in [6.45, 7) is 12.2. The molecule has 0 N–H and O–H groups in total. The van der Waals surface area contributed by atoms with Gasteiger partial charge in [-0.1, -0.05) is 36.9 Å². The minimum absolute atomic E-state index is 0.0593. The average Bonchev–Trinajstić information content (AvgIpc) is 2.60. The molecule has 0 aromatic heterocycles. The van der Waals surface area contributed by atoms with Crippen LogP contribution in [0.4, 0.5) is 4.79 Å². The third kappa shape index (κ3) is 5.38. The molecule has 0 aliphatic heterocycles. The fraction of sp³-hybridized carbons (Fsp3) is 0.318. The monoisotopic (exact) mass is 353 g/mol. The third-order valence-corrected chi connectivity index (χ3v) is 3.96. The summed E-state index contributed by atoms with van der Waals surface area (Å²) in [5, 5.41) is 0. The van der Waals surface area contributed by atoms with E-state index in [0.717, 1.165) is 16.9 Å². The number of carbonyl (C=O) groups excluding carboxylic acids is 1. The fourth-order valence-electron chi connectivity index (χ4n) is 2.71. The molecule has 0 spiro atoms. The second-order valence-electron chi connectivity index (χ2n) is 6.68. The van der Waals surface area contributed by atoms with Gasteiger partial charge in [-0.25, -0.2) is 4.79 Å². The topological polar surface area (TPSA) is 38.8 Å². The quantitative estimate of drug-likeness (QED) is 0.618. The van der Waals surface area contributed by atoms with E-state index in [1.165, 1.54) is 0 Å². The Labute approximate surface area is 156 Å². The number of benzene rings is 2. The third-order valence-electron chi connectivity index (χ3n) is 3.96. The molecule has 0 atom stereocenters. The lowest BCUT2D eigenvalue weighted by Gasteiger charge is -2.29. The normalized spacial score (nSPS) is 10.7. The summed E-state index contributed by atoms with van der Waals surface area (Å²) >= 11 is 0. The molecule has 0 heterocycles. The van der Waals surface area contributed by atoms with Gasteiger partial charge in [-0.05, 0) is 57.5 Å². The molecule has 1 amide bonds. The van der Waals surface area contributed by atoms with Crippen molar-refractivity contribution in [3.8, 4) is 5.75 Å². The lowest BCUT2D eigenvalue weighted by atomic mass is 10.2. The van der Waals surface area contributed by atoms with Crippen molar-refractivity contribution in [3.05, 3.63) is 72.3 Å². The lowest BCUT2D eigenvalue weighted by Crippen LogP contribution is -2.42. The highest BCUT2D eigenvalue weighted by Crippen LogP contribution is 2.21. The molecule has 4 nitrogen and oxygen atoms in total. The summed E-state index contributed by atoms with van der Waals surface area (Å²) in [5.41, 5.74) is 1.86. The zero-order chi connectivity index (χ0) is 19.1. The zero-order valence-corrected chi connectivity index (χ0v) is 15.9. The van der Waals surface area contributed by atoms with Gasteiger partial charge in [0.05, 0.1) is 0 Å². The maximum atomic E-state index is 12.4. The highest BCUT2D eigenvalue weighted by molar-refractivity contribution is 5.76. The van der Waals surface area contributed by atoms with Crippen molar-refractivity contribution in [2.75, 3.05) is 0 Å². The van der Waals surface area contributed by atoms with Crippen LogP contribution >= 0.6 is 0 Å². The fourth-order valence-corrected chi connectivity index (χ4v) is 2.71. The van der Waals surface area contributed by atoms with E-state index in [1.807, 2.05) is 82.3 Å². The van der Waals surface area contributed by atoms with Crippen LogP contribution in [0, 0.1) is 0 Å². The minimum atomic E-state index is -0.385. The van der Waals surface area contributed by atoms with Crippen LogP contribution in [-0.2, 0) is 11.3 Å². The summed E-state index contributed by atoms with van der Waals surface area (Å²) in [5.74, 6) is 1.08. The number of rotatable bonds is 7. The summed E-state index contributed by atoms with van der Waals surface area (Å²) in [6.07, 6.45) is -0.385. The molecule has 0 fully saturated rings. The van der Waals surface area contributed by atoms with Crippen molar-refractivity contribution in [1.82, 2.24) is 4.90 Å². The number of ether oxygens (including phenoxy) is 2. The predicted molar refractivity (Wildman–Crippen MR) is 105 cm³/mol. The predicted octanol–water partition coefficient (Wildman–Crippen LogP) is 5.49. The Morgan fingerprint density at radius 2 is 1.54 bits per heavy atom. The average molecular weight is 353 g/mol. The summed E-state index contributed by atoms with van der Waals surface area (Å²) in [4.78, 5) is 14.0. The smallest absolute Gasteiger partial charge is 0.415 e. The van der Waals surface area contributed by atoms with Crippen molar-refractivity contribution in [1.29, 1.82) is 0 Å². The van der Waals surface area contributed by atoms with Gasteiger partial charge in [-0.2, -0.15) is 0 Å². The van der Waals surface area contributed by atoms with E-state index in [4.69, 9.17) is 9.47 Å². The molecule has 0 aliphatic rings. The molecule has 4 heteroatoms. The Morgan fingerprint density at radius 1 is 0.962 bits per heavy atom. The van der Waals surface area contributed by atoms with Crippen molar-refractivity contribution in [2.45, 2.75) is 46.4 Å². The van der Waals surface area contributed by atoms with E-state index in [0.29, 0.717) is 12.4 Å². The van der Waals surface area contributed by atoms with Crippen molar-refractivity contribution in [3.63, 3.8) is 0 Å². The number of hydrogen-bond acceptors (Lipinski definition) is 3. The zero-order valence-electron chi connectivity index (χ0n) is 15.9. The van der Waals surface area contributed by atoms with Crippen molar-refractivity contribution >= 4 is 11.9 Å². The number of amides is 1. The van der Waals surface area contributed by atoms with Crippen LogP contribution in [0.1, 0.15) is 38.8 Å². The molecule has 0 aliphatic carbocycles. The van der Waals surface area contributed by atoms with Gasteiger partial charge in [0.25, 0.3) is 0 Å². The van der Waals surface area contributed by atoms with E-state index in [-0.39, 0.29) is 18.2 Å². The molecule has 0 saturated heterocycles. The Kier molecular flexibility index (Phi) is 6.84. The van der Waals surface area contributed by atoms with Crippen molar-refractivity contribution in [2.24, 2.45) is 0 Å². The van der Waals surface area contributed by atoms with Gasteiger partial charge < -0.3 is 14.4 Å². The Hall–Kier alpha value is -2.75. The molecular formula is C22H27NO3. The second kappa shape index (κ2) is 9.09. The lowest BCUT2D eigenvalue weighted by molar-refractivity contribution is 0.115. The first-order chi connectivity index (χ1) is 12.4. The summed E-state index contributed by atoms with van der Waals surface area (Å²) in [7, 11) is 0.